The fourth-order valence-corrected chi connectivity index (χ4v) is 2.65. The van der Waals surface area contributed by atoms with Gasteiger partial charge in [0.1, 0.15) is 0 Å². The maximum absolute atomic E-state index is 12.0. The Morgan fingerprint density at radius 3 is 2.56 bits per heavy atom. The van der Waals surface area contributed by atoms with Gasteiger partial charge in [0.05, 0.1) is 5.92 Å². The van der Waals surface area contributed by atoms with Gasteiger partial charge in [-0.2, -0.15) is 0 Å². The molecule has 1 N–H and O–H groups in total. The van der Waals surface area contributed by atoms with E-state index in [-0.39, 0.29) is 11.8 Å². The first-order valence-electron chi connectivity index (χ1n) is 6.38. The van der Waals surface area contributed by atoms with Gasteiger partial charge in [0.15, 0.2) is 0 Å². The summed E-state index contributed by atoms with van der Waals surface area (Å²) in [6, 6.07) is 8.49. The quantitative estimate of drug-likeness (QED) is 0.825. The molecule has 1 fully saturated rings. The van der Waals surface area contributed by atoms with Crippen molar-refractivity contribution < 1.29 is 4.79 Å². The van der Waals surface area contributed by atoms with Crippen LogP contribution in [0, 0.1) is 5.92 Å². The summed E-state index contributed by atoms with van der Waals surface area (Å²) in [5, 5.41) is 3.13. The largest absolute Gasteiger partial charge is 0.341 e. The van der Waals surface area contributed by atoms with Crippen LogP contribution >= 0.6 is 11.8 Å². The third kappa shape index (κ3) is 3.27. The second-order valence-corrected chi connectivity index (χ2v) is 5.96. The summed E-state index contributed by atoms with van der Waals surface area (Å²) < 4.78 is 0. The number of rotatable bonds is 5. The van der Waals surface area contributed by atoms with E-state index in [1.807, 2.05) is 23.7 Å². The zero-order valence-corrected chi connectivity index (χ0v) is 11.8. The SMILES string of the molecule is CCSc1ccc(CN(C)C(=O)C2CNC2)cc1. The van der Waals surface area contributed by atoms with Crippen LogP contribution < -0.4 is 5.32 Å². The Morgan fingerprint density at radius 1 is 1.39 bits per heavy atom. The Morgan fingerprint density at radius 2 is 2.06 bits per heavy atom. The van der Waals surface area contributed by atoms with Gasteiger partial charge >= 0.3 is 0 Å². The minimum absolute atomic E-state index is 0.185. The summed E-state index contributed by atoms with van der Waals surface area (Å²) >= 11 is 1.84. The molecule has 0 atom stereocenters. The Labute approximate surface area is 113 Å². The van der Waals surface area contributed by atoms with Crippen molar-refractivity contribution in [3.8, 4) is 0 Å². The molecule has 1 heterocycles. The molecule has 0 bridgehead atoms. The number of thioether (sulfide) groups is 1. The Balaban J connectivity index is 1.89. The lowest BCUT2D eigenvalue weighted by atomic mass is 10.0. The molecule has 1 saturated heterocycles. The Bertz CT molecular complexity index is 401. The first-order chi connectivity index (χ1) is 8.70. The number of hydrogen-bond acceptors (Lipinski definition) is 3. The highest BCUT2D eigenvalue weighted by molar-refractivity contribution is 7.99. The van der Waals surface area contributed by atoms with E-state index in [4.69, 9.17) is 0 Å². The second-order valence-electron chi connectivity index (χ2n) is 4.63. The minimum Gasteiger partial charge on any atom is -0.341 e. The van der Waals surface area contributed by atoms with Gasteiger partial charge in [-0.25, -0.2) is 0 Å². The molecule has 1 aliphatic rings. The fourth-order valence-electron chi connectivity index (χ4n) is 1.98. The number of amides is 1. The van der Waals surface area contributed by atoms with Crippen molar-refractivity contribution in [2.75, 3.05) is 25.9 Å². The van der Waals surface area contributed by atoms with Crippen molar-refractivity contribution in [1.82, 2.24) is 10.2 Å². The van der Waals surface area contributed by atoms with Crippen LogP contribution in [0.4, 0.5) is 0 Å². The van der Waals surface area contributed by atoms with Gasteiger partial charge in [-0.3, -0.25) is 4.79 Å². The van der Waals surface area contributed by atoms with Crippen LogP contribution in [0.2, 0.25) is 0 Å². The molecule has 0 unspecified atom stereocenters. The molecular weight excluding hydrogens is 244 g/mol. The van der Waals surface area contributed by atoms with Gasteiger partial charge in [-0.15, -0.1) is 11.8 Å². The molecule has 4 heteroatoms. The molecule has 0 aromatic heterocycles. The van der Waals surface area contributed by atoms with E-state index < -0.39 is 0 Å². The number of carbonyl (C=O) groups excluding carboxylic acids is 1. The summed E-state index contributed by atoms with van der Waals surface area (Å²) in [5.74, 6) is 1.53. The van der Waals surface area contributed by atoms with Crippen LogP contribution in [-0.4, -0.2) is 36.7 Å². The predicted molar refractivity (Wildman–Crippen MR) is 75.7 cm³/mol. The van der Waals surface area contributed by atoms with Gasteiger partial charge in [0, 0.05) is 31.6 Å². The molecule has 0 spiro atoms. The normalized spacial score (nSPS) is 15.2. The maximum atomic E-state index is 12.0. The van der Waals surface area contributed by atoms with Gasteiger partial charge in [-0.05, 0) is 23.4 Å². The standard InChI is InChI=1S/C14H20N2OS/c1-3-18-13-6-4-11(5-7-13)10-16(2)14(17)12-8-15-9-12/h4-7,12,15H,3,8-10H2,1-2H3. The molecule has 0 aliphatic carbocycles. The van der Waals surface area contributed by atoms with Gasteiger partial charge < -0.3 is 10.2 Å². The van der Waals surface area contributed by atoms with E-state index in [2.05, 4.69) is 36.5 Å². The average molecular weight is 264 g/mol. The molecule has 1 aromatic rings. The zero-order chi connectivity index (χ0) is 13.0. The summed E-state index contributed by atoms with van der Waals surface area (Å²) in [6.07, 6.45) is 0. The van der Waals surface area contributed by atoms with Crippen molar-refractivity contribution in [1.29, 1.82) is 0 Å². The summed E-state index contributed by atoms with van der Waals surface area (Å²) in [7, 11) is 1.88. The Hall–Kier alpha value is -1.00. The molecule has 18 heavy (non-hydrogen) atoms. The lowest BCUT2D eigenvalue weighted by Crippen LogP contribution is -2.50. The molecule has 0 radical (unpaired) electrons. The fraction of sp³-hybridized carbons (Fsp3) is 0.500. The highest BCUT2D eigenvalue weighted by Gasteiger charge is 2.27. The molecule has 1 aliphatic heterocycles. The van der Waals surface area contributed by atoms with Gasteiger partial charge in [0.2, 0.25) is 5.91 Å². The van der Waals surface area contributed by atoms with E-state index in [9.17, 15) is 4.79 Å². The first-order valence-corrected chi connectivity index (χ1v) is 7.36. The summed E-state index contributed by atoms with van der Waals surface area (Å²) in [6.45, 7) is 4.51. The lowest BCUT2D eigenvalue weighted by molar-refractivity contribution is -0.136. The molecular formula is C14H20N2OS. The maximum Gasteiger partial charge on any atom is 0.228 e. The van der Waals surface area contributed by atoms with E-state index in [1.54, 1.807) is 0 Å². The third-order valence-electron chi connectivity index (χ3n) is 3.16. The molecule has 3 nitrogen and oxygen atoms in total. The number of carbonyl (C=O) groups is 1. The lowest BCUT2D eigenvalue weighted by Gasteiger charge is -2.30. The van der Waals surface area contributed by atoms with Gasteiger partial charge in [0.25, 0.3) is 0 Å². The van der Waals surface area contributed by atoms with Crippen molar-refractivity contribution in [3.05, 3.63) is 29.8 Å². The molecule has 1 aromatic carbocycles. The summed E-state index contributed by atoms with van der Waals surface area (Å²) in [5.41, 5.74) is 1.19. The number of nitrogens with zero attached hydrogens (tertiary/aromatic N) is 1. The average Bonchev–Trinajstić information content (AvgIpc) is 2.29. The summed E-state index contributed by atoms with van der Waals surface area (Å²) in [4.78, 5) is 15.1. The van der Waals surface area contributed by atoms with Crippen molar-refractivity contribution in [2.45, 2.75) is 18.4 Å². The van der Waals surface area contributed by atoms with Crippen molar-refractivity contribution >= 4 is 17.7 Å². The smallest absolute Gasteiger partial charge is 0.228 e. The van der Waals surface area contributed by atoms with Crippen LogP contribution in [-0.2, 0) is 11.3 Å². The highest BCUT2D eigenvalue weighted by atomic mass is 32.2. The monoisotopic (exact) mass is 264 g/mol. The molecule has 2 rings (SSSR count). The second kappa shape index (κ2) is 6.25. The molecule has 0 saturated carbocycles. The van der Waals surface area contributed by atoms with E-state index >= 15 is 0 Å². The number of hydrogen-bond donors (Lipinski definition) is 1. The first kappa shape index (κ1) is 13.4. The predicted octanol–water partition coefficient (Wildman–Crippen LogP) is 1.98. The van der Waals surface area contributed by atoms with Crippen LogP contribution in [0.25, 0.3) is 0 Å². The molecule has 1 amide bonds. The van der Waals surface area contributed by atoms with Crippen molar-refractivity contribution in [3.63, 3.8) is 0 Å². The Kier molecular flexibility index (Phi) is 4.66. The highest BCUT2D eigenvalue weighted by Crippen LogP contribution is 2.18. The van der Waals surface area contributed by atoms with E-state index in [1.165, 1.54) is 10.5 Å². The topological polar surface area (TPSA) is 32.3 Å². The number of nitrogens with one attached hydrogen (secondary N) is 1. The van der Waals surface area contributed by atoms with Crippen LogP contribution in [0.3, 0.4) is 0 Å². The number of benzene rings is 1. The van der Waals surface area contributed by atoms with Crippen LogP contribution in [0.15, 0.2) is 29.2 Å². The zero-order valence-electron chi connectivity index (χ0n) is 11.0. The van der Waals surface area contributed by atoms with Crippen LogP contribution in [0.1, 0.15) is 12.5 Å². The third-order valence-corrected chi connectivity index (χ3v) is 4.06. The van der Waals surface area contributed by atoms with E-state index in [0.717, 1.165) is 18.8 Å². The minimum atomic E-state index is 0.185. The van der Waals surface area contributed by atoms with Gasteiger partial charge in [-0.1, -0.05) is 19.1 Å². The molecule has 98 valence electrons. The van der Waals surface area contributed by atoms with E-state index in [0.29, 0.717) is 6.54 Å². The van der Waals surface area contributed by atoms with Crippen LogP contribution in [0.5, 0.6) is 0 Å². The van der Waals surface area contributed by atoms with Crippen molar-refractivity contribution in [2.24, 2.45) is 5.92 Å².